The first-order valence-corrected chi connectivity index (χ1v) is 9.05. The largest absolute Gasteiger partial charge is 0.459 e. The third-order valence-corrected chi connectivity index (χ3v) is 5.01. The van der Waals surface area contributed by atoms with E-state index in [1.807, 2.05) is 12.1 Å². The Morgan fingerprint density at radius 2 is 1.58 bits per heavy atom. The molecule has 136 valence electrons. The van der Waals surface area contributed by atoms with Crippen LogP contribution >= 0.6 is 0 Å². The third-order valence-electron chi connectivity index (χ3n) is 5.01. The first-order chi connectivity index (χ1) is 12.7. The molecule has 2 amide bonds. The van der Waals surface area contributed by atoms with Gasteiger partial charge in [0.25, 0.3) is 11.8 Å². The van der Waals surface area contributed by atoms with Crippen molar-refractivity contribution in [1.29, 1.82) is 0 Å². The maximum atomic E-state index is 12.7. The second-order valence-corrected chi connectivity index (χ2v) is 6.66. The highest BCUT2D eigenvalue weighted by Crippen LogP contribution is 2.18. The van der Waals surface area contributed by atoms with Crippen LogP contribution < -0.4 is 4.90 Å². The predicted octanol–water partition coefficient (Wildman–Crippen LogP) is 1.87. The van der Waals surface area contributed by atoms with Crippen molar-refractivity contribution in [3.05, 3.63) is 48.0 Å². The van der Waals surface area contributed by atoms with Gasteiger partial charge < -0.3 is 19.1 Å². The second-order valence-electron chi connectivity index (χ2n) is 6.66. The predicted molar refractivity (Wildman–Crippen MR) is 96.2 cm³/mol. The van der Waals surface area contributed by atoms with Crippen LogP contribution in [0.5, 0.6) is 0 Å². The van der Waals surface area contributed by atoms with Crippen molar-refractivity contribution in [1.82, 2.24) is 14.8 Å². The van der Waals surface area contributed by atoms with E-state index in [9.17, 15) is 9.59 Å². The van der Waals surface area contributed by atoms with Crippen LogP contribution in [0.2, 0.25) is 0 Å². The van der Waals surface area contributed by atoms with Gasteiger partial charge in [-0.3, -0.25) is 9.59 Å². The molecule has 7 heteroatoms. The van der Waals surface area contributed by atoms with Gasteiger partial charge in [0.2, 0.25) is 0 Å². The van der Waals surface area contributed by atoms with E-state index in [-0.39, 0.29) is 11.8 Å². The van der Waals surface area contributed by atoms with E-state index in [0.717, 1.165) is 18.9 Å². The molecule has 0 spiro atoms. The quantitative estimate of drug-likeness (QED) is 0.842. The molecule has 0 saturated carbocycles. The molecular weight excluding hydrogens is 332 g/mol. The zero-order valence-corrected chi connectivity index (χ0v) is 14.6. The SMILES string of the molecule is O=C(c1ccc(N2CCCC2)nc1)N1CCN(C(=O)c2ccco2)CC1. The van der Waals surface area contributed by atoms with E-state index >= 15 is 0 Å². The van der Waals surface area contributed by atoms with Gasteiger partial charge in [0, 0.05) is 45.5 Å². The van der Waals surface area contributed by atoms with Gasteiger partial charge in [-0.1, -0.05) is 0 Å². The second kappa shape index (κ2) is 7.19. The van der Waals surface area contributed by atoms with Crippen molar-refractivity contribution >= 4 is 17.6 Å². The summed E-state index contributed by atoms with van der Waals surface area (Å²) in [5.74, 6) is 1.12. The van der Waals surface area contributed by atoms with Crippen molar-refractivity contribution in [3.8, 4) is 0 Å². The molecule has 0 bridgehead atoms. The summed E-state index contributed by atoms with van der Waals surface area (Å²) in [4.78, 5) is 35.2. The molecule has 0 radical (unpaired) electrons. The number of hydrogen-bond acceptors (Lipinski definition) is 5. The van der Waals surface area contributed by atoms with Gasteiger partial charge in [-0.2, -0.15) is 0 Å². The van der Waals surface area contributed by atoms with Crippen LogP contribution in [0.3, 0.4) is 0 Å². The van der Waals surface area contributed by atoms with E-state index in [2.05, 4.69) is 9.88 Å². The summed E-state index contributed by atoms with van der Waals surface area (Å²) in [5, 5.41) is 0. The number of carbonyl (C=O) groups is 2. The van der Waals surface area contributed by atoms with Gasteiger partial charge in [0.15, 0.2) is 5.76 Å². The molecule has 4 heterocycles. The highest BCUT2D eigenvalue weighted by Gasteiger charge is 2.26. The Balaban J connectivity index is 1.35. The van der Waals surface area contributed by atoms with Crippen LogP contribution in [0.4, 0.5) is 5.82 Å². The van der Waals surface area contributed by atoms with Crippen LogP contribution in [-0.2, 0) is 0 Å². The monoisotopic (exact) mass is 354 g/mol. The molecule has 0 unspecified atom stereocenters. The van der Waals surface area contributed by atoms with Crippen LogP contribution in [0, 0.1) is 0 Å². The van der Waals surface area contributed by atoms with Crippen LogP contribution in [0.15, 0.2) is 41.1 Å². The molecule has 0 aromatic carbocycles. The van der Waals surface area contributed by atoms with Crippen molar-refractivity contribution in [2.75, 3.05) is 44.2 Å². The molecule has 2 fully saturated rings. The molecule has 0 N–H and O–H groups in total. The Morgan fingerprint density at radius 3 is 2.15 bits per heavy atom. The Labute approximate surface area is 152 Å². The number of piperazine rings is 1. The average molecular weight is 354 g/mol. The van der Waals surface area contributed by atoms with Gasteiger partial charge in [-0.25, -0.2) is 4.98 Å². The maximum Gasteiger partial charge on any atom is 0.289 e. The van der Waals surface area contributed by atoms with E-state index in [4.69, 9.17) is 4.42 Å². The molecular formula is C19H22N4O3. The van der Waals surface area contributed by atoms with Crippen LogP contribution in [0.1, 0.15) is 33.8 Å². The van der Waals surface area contributed by atoms with Gasteiger partial charge in [-0.15, -0.1) is 0 Å². The smallest absolute Gasteiger partial charge is 0.289 e. The zero-order chi connectivity index (χ0) is 17.9. The first kappa shape index (κ1) is 16.6. The lowest BCUT2D eigenvalue weighted by Gasteiger charge is -2.34. The molecule has 0 atom stereocenters. The number of carbonyl (C=O) groups excluding carboxylic acids is 2. The number of hydrogen-bond donors (Lipinski definition) is 0. The normalized spacial score (nSPS) is 17.6. The highest BCUT2D eigenvalue weighted by atomic mass is 16.3. The Kier molecular flexibility index (Phi) is 4.60. The lowest BCUT2D eigenvalue weighted by molar-refractivity contribution is 0.0518. The topological polar surface area (TPSA) is 69.9 Å². The number of pyridine rings is 1. The Morgan fingerprint density at radius 1 is 0.885 bits per heavy atom. The van der Waals surface area contributed by atoms with Crippen LogP contribution in [-0.4, -0.2) is 65.9 Å². The first-order valence-electron chi connectivity index (χ1n) is 9.05. The van der Waals surface area contributed by atoms with Crippen molar-refractivity contribution < 1.29 is 14.0 Å². The van der Waals surface area contributed by atoms with Gasteiger partial charge in [0.05, 0.1) is 11.8 Å². The molecule has 2 aromatic heterocycles. The molecule has 4 rings (SSSR count). The summed E-state index contributed by atoms with van der Waals surface area (Å²) in [5.41, 5.74) is 0.596. The Hall–Kier alpha value is -2.83. The standard InChI is InChI=1S/C19H22N4O3/c24-18(15-5-6-17(20-14-15)21-7-1-2-8-21)22-9-11-23(12-10-22)19(25)16-4-3-13-26-16/h3-6,13-14H,1-2,7-12H2. The highest BCUT2D eigenvalue weighted by molar-refractivity contribution is 5.95. The maximum absolute atomic E-state index is 12.7. The molecule has 7 nitrogen and oxygen atoms in total. The molecule has 26 heavy (non-hydrogen) atoms. The number of nitrogens with zero attached hydrogens (tertiary/aromatic N) is 4. The number of aromatic nitrogens is 1. The summed E-state index contributed by atoms with van der Waals surface area (Å²) >= 11 is 0. The van der Waals surface area contributed by atoms with Gasteiger partial charge in [-0.05, 0) is 37.1 Å². The molecule has 2 aliphatic rings. The van der Waals surface area contributed by atoms with E-state index in [1.165, 1.54) is 19.1 Å². The minimum atomic E-state index is -0.126. The van der Waals surface area contributed by atoms with Gasteiger partial charge >= 0.3 is 0 Å². The van der Waals surface area contributed by atoms with Crippen molar-refractivity contribution in [3.63, 3.8) is 0 Å². The van der Waals surface area contributed by atoms with Crippen molar-refractivity contribution in [2.24, 2.45) is 0 Å². The number of rotatable bonds is 3. The lowest BCUT2D eigenvalue weighted by atomic mass is 10.2. The van der Waals surface area contributed by atoms with Gasteiger partial charge in [0.1, 0.15) is 5.82 Å². The number of amides is 2. The summed E-state index contributed by atoms with van der Waals surface area (Å²) in [7, 11) is 0. The molecule has 2 saturated heterocycles. The number of anilines is 1. The lowest BCUT2D eigenvalue weighted by Crippen LogP contribution is -2.50. The summed E-state index contributed by atoms with van der Waals surface area (Å²) < 4.78 is 5.16. The average Bonchev–Trinajstić information content (AvgIpc) is 3.41. The fourth-order valence-electron chi connectivity index (χ4n) is 3.50. The summed E-state index contributed by atoms with van der Waals surface area (Å²) in [6, 6.07) is 7.14. The summed E-state index contributed by atoms with van der Waals surface area (Å²) in [6.45, 7) is 4.10. The molecule has 2 aromatic rings. The van der Waals surface area contributed by atoms with E-state index < -0.39 is 0 Å². The fraction of sp³-hybridized carbons (Fsp3) is 0.421. The molecule has 2 aliphatic heterocycles. The summed E-state index contributed by atoms with van der Waals surface area (Å²) in [6.07, 6.45) is 5.55. The minimum Gasteiger partial charge on any atom is -0.459 e. The minimum absolute atomic E-state index is 0.0319. The number of furan rings is 1. The van der Waals surface area contributed by atoms with E-state index in [1.54, 1.807) is 28.1 Å². The van der Waals surface area contributed by atoms with Crippen molar-refractivity contribution in [2.45, 2.75) is 12.8 Å². The third kappa shape index (κ3) is 3.29. The molecule has 0 aliphatic carbocycles. The zero-order valence-electron chi connectivity index (χ0n) is 14.6. The van der Waals surface area contributed by atoms with Crippen LogP contribution in [0.25, 0.3) is 0 Å². The Bertz CT molecular complexity index is 759. The fourth-order valence-corrected chi connectivity index (χ4v) is 3.50. The van der Waals surface area contributed by atoms with E-state index in [0.29, 0.717) is 37.5 Å².